The van der Waals surface area contributed by atoms with Gasteiger partial charge in [0, 0.05) is 12.1 Å². The van der Waals surface area contributed by atoms with Crippen molar-refractivity contribution in [3.8, 4) is 0 Å². The Labute approximate surface area is 105 Å². The zero-order chi connectivity index (χ0) is 14.0. The topological polar surface area (TPSA) is 62.2 Å². The summed E-state index contributed by atoms with van der Waals surface area (Å²) in [4.78, 5) is 14.1. The number of anilines is 2. The van der Waals surface area contributed by atoms with Gasteiger partial charge in [-0.3, -0.25) is 0 Å². The Balaban J connectivity index is 2.28. The highest BCUT2D eigenvalue weighted by Gasteiger charge is 2.11. The Morgan fingerprint density at radius 3 is 2.53 bits per heavy atom. The van der Waals surface area contributed by atoms with Gasteiger partial charge in [-0.2, -0.15) is 0 Å². The Hall–Kier alpha value is -2.57. The summed E-state index contributed by atoms with van der Waals surface area (Å²) < 4.78 is 39.3. The predicted octanol–water partition coefficient (Wildman–Crippen LogP) is 2.94. The first-order valence-corrected chi connectivity index (χ1v) is 5.08. The van der Waals surface area contributed by atoms with Gasteiger partial charge in [-0.15, -0.1) is 0 Å². The van der Waals surface area contributed by atoms with E-state index in [1.807, 2.05) is 0 Å². The van der Waals surface area contributed by atoms with E-state index in [4.69, 9.17) is 5.11 Å². The van der Waals surface area contributed by atoms with Gasteiger partial charge in [0.15, 0.2) is 11.6 Å². The molecule has 0 aliphatic carbocycles. The maximum absolute atomic E-state index is 13.4. The number of rotatable bonds is 3. The molecule has 98 valence electrons. The van der Waals surface area contributed by atoms with Crippen LogP contribution in [0.15, 0.2) is 30.5 Å². The standard InChI is InChI=1S/C12H7F3N2O2/c13-6-3-8(14)11(15)10(4-6)17-7-1-2-9(12(18)19)16-5-7/h1-5,17H,(H,18,19). The number of nitrogens with zero attached hydrogens (tertiary/aromatic N) is 1. The molecule has 0 aliphatic heterocycles. The first kappa shape index (κ1) is 12.9. The molecule has 0 spiro atoms. The van der Waals surface area contributed by atoms with Gasteiger partial charge in [0.25, 0.3) is 0 Å². The van der Waals surface area contributed by atoms with Gasteiger partial charge >= 0.3 is 5.97 Å². The summed E-state index contributed by atoms with van der Waals surface area (Å²) >= 11 is 0. The van der Waals surface area contributed by atoms with Crippen molar-refractivity contribution in [1.29, 1.82) is 0 Å². The third-order valence-corrected chi connectivity index (χ3v) is 2.25. The van der Waals surface area contributed by atoms with Crippen LogP contribution in [0.5, 0.6) is 0 Å². The maximum atomic E-state index is 13.4. The van der Waals surface area contributed by atoms with Crippen molar-refractivity contribution < 1.29 is 23.1 Å². The summed E-state index contributed by atoms with van der Waals surface area (Å²) in [5.41, 5.74) is -0.396. The van der Waals surface area contributed by atoms with Crippen molar-refractivity contribution in [3.05, 3.63) is 53.6 Å². The number of hydrogen-bond acceptors (Lipinski definition) is 3. The molecular formula is C12H7F3N2O2. The summed E-state index contributed by atoms with van der Waals surface area (Å²) in [7, 11) is 0. The highest BCUT2D eigenvalue weighted by Crippen LogP contribution is 2.23. The molecule has 1 aromatic heterocycles. The quantitative estimate of drug-likeness (QED) is 0.840. The fourth-order valence-electron chi connectivity index (χ4n) is 1.40. The number of carbonyl (C=O) groups is 1. The monoisotopic (exact) mass is 268 g/mol. The van der Waals surface area contributed by atoms with Gasteiger partial charge in [-0.1, -0.05) is 0 Å². The maximum Gasteiger partial charge on any atom is 0.354 e. The number of aromatic carboxylic acids is 1. The molecule has 0 fully saturated rings. The van der Waals surface area contributed by atoms with E-state index in [1.54, 1.807) is 0 Å². The molecule has 7 heteroatoms. The minimum atomic E-state index is -1.32. The molecule has 0 bridgehead atoms. The van der Waals surface area contributed by atoms with Gasteiger partial charge in [0.05, 0.1) is 17.6 Å². The van der Waals surface area contributed by atoms with Crippen LogP contribution in [0.2, 0.25) is 0 Å². The molecule has 0 radical (unpaired) electrons. The first-order valence-electron chi connectivity index (χ1n) is 5.08. The second-order valence-corrected chi connectivity index (χ2v) is 3.61. The van der Waals surface area contributed by atoms with Crippen LogP contribution in [0.1, 0.15) is 10.5 Å². The van der Waals surface area contributed by atoms with E-state index >= 15 is 0 Å². The van der Waals surface area contributed by atoms with Gasteiger partial charge in [0.1, 0.15) is 11.5 Å². The second-order valence-electron chi connectivity index (χ2n) is 3.61. The van der Waals surface area contributed by atoms with E-state index < -0.39 is 29.1 Å². The first-order chi connectivity index (χ1) is 8.97. The number of halogens is 3. The van der Waals surface area contributed by atoms with Gasteiger partial charge in [0.2, 0.25) is 0 Å². The van der Waals surface area contributed by atoms with Crippen LogP contribution in [0, 0.1) is 17.5 Å². The zero-order valence-corrected chi connectivity index (χ0v) is 9.32. The molecule has 0 aliphatic rings. The molecule has 2 rings (SSSR count). The van der Waals surface area contributed by atoms with E-state index in [1.165, 1.54) is 12.1 Å². The highest BCUT2D eigenvalue weighted by atomic mass is 19.2. The SMILES string of the molecule is O=C(O)c1ccc(Nc2cc(F)cc(F)c2F)cn1. The van der Waals surface area contributed by atoms with Gasteiger partial charge in [-0.25, -0.2) is 22.9 Å². The van der Waals surface area contributed by atoms with E-state index in [-0.39, 0.29) is 11.4 Å². The van der Waals surface area contributed by atoms with E-state index in [9.17, 15) is 18.0 Å². The number of carboxylic acid groups (broad SMARTS) is 1. The number of benzene rings is 1. The van der Waals surface area contributed by atoms with Crippen LogP contribution in [0.3, 0.4) is 0 Å². The largest absolute Gasteiger partial charge is 0.477 e. The molecule has 0 unspecified atom stereocenters. The third-order valence-electron chi connectivity index (χ3n) is 2.25. The molecule has 0 atom stereocenters. The van der Waals surface area contributed by atoms with Crippen molar-refractivity contribution in [2.24, 2.45) is 0 Å². The van der Waals surface area contributed by atoms with E-state index in [2.05, 4.69) is 10.3 Å². The number of hydrogen-bond donors (Lipinski definition) is 2. The summed E-state index contributed by atoms with van der Waals surface area (Å²) in [5, 5.41) is 11.0. The molecule has 0 amide bonds. The minimum Gasteiger partial charge on any atom is -0.477 e. The smallest absolute Gasteiger partial charge is 0.354 e. The molecule has 1 heterocycles. The highest BCUT2D eigenvalue weighted by molar-refractivity contribution is 5.85. The summed E-state index contributed by atoms with van der Waals surface area (Å²) in [6.45, 7) is 0. The lowest BCUT2D eigenvalue weighted by Gasteiger charge is -2.08. The Bertz CT molecular complexity index is 630. The van der Waals surface area contributed by atoms with Crippen molar-refractivity contribution in [2.45, 2.75) is 0 Å². The minimum absolute atomic E-state index is 0.198. The lowest BCUT2D eigenvalue weighted by atomic mass is 10.2. The van der Waals surface area contributed by atoms with Crippen molar-refractivity contribution >= 4 is 17.3 Å². The van der Waals surface area contributed by atoms with Crippen LogP contribution in [-0.2, 0) is 0 Å². The fraction of sp³-hybridized carbons (Fsp3) is 0. The van der Waals surface area contributed by atoms with E-state index in [0.29, 0.717) is 6.07 Å². The third kappa shape index (κ3) is 2.82. The molecule has 4 nitrogen and oxygen atoms in total. The molecular weight excluding hydrogens is 261 g/mol. The molecule has 1 aromatic carbocycles. The second kappa shape index (κ2) is 4.97. The average Bonchev–Trinajstić information content (AvgIpc) is 2.36. The predicted molar refractivity (Wildman–Crippen MR) is 60.8 cm³/mol. The Morgan fingerprint density at radius 1 is 1.21 bits per heavy atom. The molecule has 2 N–H and O–H groups in total. The summed E-state index contributed by atoms with van der Waals surface area (Å²) in [6, 6.07) is 3.69. The van der Waals surface area contributed by atoms with E-state index in [0.717, 1.165) is 12.3 Å². The number of carboxylic acids is 1. The van der Waals surface area contributed by atoms with Crippen LogP contribution in [0.25, 0.3) is 0 Å². The van der Waals surface area contributed by atoms with Crippen molar-refractivity contribution in [2.75, 3.05) is 5.32 Å². The van der Waals surface area contributed by atoms with Crippen LogP contribution >= 0.6 is 0 Å². The van der Waals surface area contributed by atoms with Gasteiger partial charge in [-0.05, 0) is 12.1 Å². The lowest BCUT2D eigenvalue weighted by molar-refractivity contribution is 0.0690. The Morgan fingerprint density at radius 2 is 1.95 bits per heavy atom. The number of aromatic nitrogens is 1. The average molecular weight is 268 g/mol. The zero-order valence-electron chi connectivity index (χ0n) is 9.32. The summed E-state index contributed by atoms with van der Waals surface area (Å²) in [5.74, 6) is -4.70. The normalized spacial score (nSPS) is 10.3. The van der Waals surface area contributed by atoms with Crippen LogP contribution in [0.4, 0.5) is 24.5 Å². The molecule has 0 saturated carbocycles. The molecule has 0 saturated heterocycles. The van der Waals surface area contributed by atoms with Crippen molar-refractivity contribution in [3.63, 3.8) is 0 Å². The Kier molecular flexibility index (Phi) is 3.37. The van der Waals surface area contributed by atoms with Crippen LogP contribution < -0.4 is 5.32 Å². The molecule has 19 heavy (non-hydrogen) atoms. The fourth-order valence-corrected chi connectivity index (χ4v) is 1.40. The number of nitrogens with one attached hydrogen (secondary N) is 1. The number of pyridine rings is 1. The van der Waals surface area contributed by atoms with Crippen molar-refractivity contribution in [1.82, 2.24) is 4.98 Å². The lowest BCUT2D eigenvalue weighted by Crippen LogP contribution is -2.02. The summed E-state index contributed by atoms with van der Waals surface area (Å²) in [6.07, 6.45) is 1.12. The van der Waals surface area contributed by atoms with Gasteiger partial charge < -0.3 is 10.4 Å². The molecule has 2 aromatic rings. The van der Waals surface area contributed by atoms with Crippen LogP contribution in [-0.4, -0.2) is 16.1 Å².